The van der Waals surface area contributed by atoms with Crippen LogP contribution in [0.1, 0.15) is 59.6 Å². The molecule has 7 heteroatoms. The van der Waals surface area contributed by atoms with E-state index in [-0.39, 0.29) is 5.91 Å². The molecule has 1 saturated heterocycles. The molecule has 5 nitrogen and oxygen atoms in total. The van der Waals surface area contributed by atoms with E-state index in [1.807, 2.05) is 30.1 Å². The standard InChI is InChI=1S/C25H26BrClN4O/c1-16-23(25(32)29-30-13-3-2-4-14-30)28-31(22-12-11-20(26)15-21(22)27)24(16)19-9-7-18(8-10-19)17-5-6-17/h7-12,15,17H,2-6,13-14H2,1H3,(H,29,32). The minimum Gasteiger partial charge on any atom is -0.283 e. The van der Waals surface area contributed by atoms with Gasteiger partial charge in [0.2, 0.25) is 0 Å². The number of hydrazine groups is 1. The van der Waals surface area contributed by atoms with E-state index >= 15 is 0 Å². The molecule has 1 aliphatic heterocycles. The minimum atomic E-state index is -0.174. The zero-order chi connectivity index (χ0) is 22.2. The van der Waals surface area contributed by atoms with E-state index in [1.54, 1.807) is 4.68 Å². The van der Waals surface area contributed by atoms with Crippen LogP contribution in [-0.4, -0.2) is 33.8 Å². The molecule has 0 radical (unpaired) electrons. The third kappa shape index (κ3) is 4.36. The van der Waals surface area contributed by atoms with Crippen molar-refractivity contribution in [2.75, 3.05) is 13.1 Å². The van der Waals surface area contributed by atoms with Crippen LogP contribution >= 0.6 is 27.5 Å². The lowest BCUT2D eigenvalue weighted by molar-refractivity contribution is 0.0743. The van der Waals surface area contributed by atoms with Crippen LogP contribution in [0.4, 0.5) is 0 Å². The van der Waals surface area contributed by atoms with E-state index in [0.717, 1.165) is 52.9 Å². The summed E-state index contributed by atoms with van der Waals surface area (Å²) in [5, 5.41) is 7.33. The maximum atomic E-state index is 13.2. The molecule has 166 valence electrons. The summed E-state index contributed by atoms with van der Waals surface area (Å²) < 4.78 is 2.70. The highest BCUT2D eigenvalue weighted by Gasteiger charge is 2.26. The van der Waals surface area contributed by atoms with Gasteiger partial charge in [0.1, 0.15) is 0 Å². The number of aromatic nitrogens is 2. The lowest BCUT2D eigenvalue weighted by Gasteiger charge is -2.26. The van der Waals surface area contributed by atoms with Crippen LogP contribution in [0.15, 0.2) is 46.9 Å². The van der Waals surface area contributed by atoms with Crippen LogP contribution in [0.2, 0.25) is 5.02 Å². The molecule has 0 spiro atoms. The fraction of sp³-hybridized carbons (Fsp3) is 0.360. The van der Waals surface area contributed by atoms with Gasteiger partial charge in [-0.3, -0.25) is 10.2 Å². The van der Waals surface area contributed by atoms with Gasteiger partial charge in [-0.1, -0.05) is 58.2 Å². The normalized spacial score (nSPS) is 16.8. The second-order valence-corrected chi connectivity index (χ2v) is 10.0. The van der Waals surface area contributed by atoms with Crippen molar-refractivity contribution in [1.29, 1.82) is 0 Å². The number of halogens is 2. The fourth-order valence-electron chi connectivity index (χ4n) is 4.41. The summed E-state index contributed by atoms with van der Waals surface area (Å²) in [4.78, 5) is 13.2. The first-order chi connectivity index (χ1) is 15.5. The molecule has 32 heavy (non-hydrogen) atoms. The predicted molar refractivity (Wildman–Crippen MR) is 131 cm³/mol. The lowest BCUT2D eigenvalue weighted by atomic mass is 10.0. The van der Waals surface area contributed by atoms with E-state index in [9.17, 15) is 4.79 Å². The second kappa shape index (κ2) is 9.00. The maximum Gasteiger partial charge on any atom is 0.286 e. The van der Waals surface area contributed by atoms with Gasteiger partial charge in [-0.05, 0) is 62.3 Å². The van der Waals surface area contributed by atoms with Crippen LogP contribution in [0, 0.1) is 6.92 Å². The Hall–Kier alpha value is -2.15. The Morgan fingerprint density at radius 3 is 2.47 bits per heavy atom. The molecule has 2 fully saturated rings. The molecule has 5 rings (SSSR count). The quantitative estimate of drug-likeness (QED) is 0.437. The van der Waals surface area contributed by atoms with Crippen LogP contribution in [-0.2, 0) is 0 Å². The summed E-state index contributed by atoms with van der Waals surface area (Å²) >= 11 is 10.1. The van der Waals surface area contributed by atoms with Gasteiger partial charge in [0, 0.05) is 28.7 Å². The van der Waals surface area contributed by atoms with Crippen molar-refractivity contribution < 1.29 is 4.79 Å². The Balaban J connectivity index is 1.57. The van der Waals surface area contributed by atoms with Crippen molar-refractivity contribution in [3.05, 3.63) is 68.8 Å². The summed E-state index contributed by atoms with van der Waals surface area (Å²) in [6.45, 7) is 3.71. The highest BCUT2D eigenvalue weighted by molar-refractivity contribution is 9.10. The van der Waals surface area contributed by atoms with Crippen molar-refractivity contribution in [1.82, 2.24) is 20.2 Å². The van der Waals surface area contributed by atoms with E-state index in [1.165, 1.54) is 24.8 Å². The van der Waals surface area contributed by atoms with Crippen molar-refractivity contribution in [3.63, 3.8) is 0 Å². The number of amides is 1. The van der Waals surface area contributed by atoms with Gasteiger partial charge >= 0.3 is 0 Å². The van der Waals surface area contributed by atoms with Gasteiger partial charge < -0.3 is 0 Å². The number of carbonyl (C=O) groups excluding carboxylic acids is 1. The lowest BCUT2D eigenvalue weighted by Crippen LogP contribution is -2.45. The van der Waals surface area contributed by atoms with E-state index in [0.29, 0.717) is 16.6 Å². The Morgan fingerprint density at radius 2 is 1.81 bits per heavy atom. The van der Waals surface area contributed by atoms with Crippen LogP contribution in [0.25, 0.3) is 16.9 Å². The van der Waals surface area contributed by atoms with E-state index in [4.69, 9.17) is 16.7 Å². The topological polar surface area (TPSA) is 50.2 Å². The first-order valence-electron chi connectivity index (χ1n) is 11.2. The molecular weight excluding hydrogens is 488 g/mol. The van der Waals surface area contributed by atoms with Crippen LogP contribution in [0.3, 0.4) is 0 Å². The van der Waals surface area contributed by atoms with Crippen LogP contribution in [0.5, 0.6) is 0 Å². The molecule has 1 amide bonds. The zero-order valence-electron chi connectivity index (χ0n) is 18.1. The molecule has 1 saturated carbocycles. The molecule has 1 aromatic heterocycles. The number of nitrogens with one attached hydrogen (secondary N) is 1. The van der Waals surface area contributed by atoms with Gasteiger partial charge in [0.25, 0.3) is 5.91 Å². The number of hydrogen-bond acceptors (Lipinski definition) is 3. The number of carbonyl (C=O) groups is 1. The molecule has 2 heterocycles. The number of piperidine rings is 1. The number of hydrogen-bond donors (Lipinski definition) is 1. The summed E-state index contributed by atoms with van der Waals surface area (Å²) in [7, 11) is 0. The number of benzene rings is 2. The summed E-state index contributed by atoms with van der Waals surface area (Å²) in [6, 6.07) is 14.4. The minimum absolute atomic E-state index is 0.174. The molecule has 0 atom stereocenters. The fourth-order valence-corrected chi connectivity index (χ4v) is 5.16. The average molecular weight is 514 g/mol. The molecule has 1 N–H and O–H groups in total. The van der Waals surface area contributed by atoms with Crippen molar-refractivity contribution in [2.24, 2.45) is 0 Å². The molecule has 3 aromatic rings. The Kier molecular flexibility index (Phi) is 6.10. The van der Waals surface area contributed by atoms with Gasteiger partial charge in [-0.25, -0.2) is 9.69 Å². The number of rotatable bonds is 5. The monoisotopic (exact) mass is 512 g/mol. The Morgan fingerprint density at radius 1 is 1.09 bits per heavy atom. The zero-order valence-corrected chi connectivity index (χ0v) is 20.4. The smallest absolute Gasteiger partial charge is 0.283 e. The van der Waals surface area contributed by atoms with Gasteiger partial charge in [-0.2, -0.15) is 5.10 Å². The van der Waals surface area contributed by atoms with Crippen molar-refractivity contribution in [2.45, 2.75) is 44.9 Å². The van der Waals surface area contributed by atoms with Crippen molar-refractivity contribution in [3.8, 4) is 16.9 Å². The van der Waals surface area contributed by atoms with Crippen LogP contribution < -0.4 is 5.43 Å². The van der Waals surface area contributed by atoms with Crippen molar-refractivity contribution >= 4 is 33.4 Å². The molecule has 0 bridgehead atoms. The molecule has 1 aliphatic carbocycles. The first-order valence-corrected chi connectivity index (χ1v) is 12.4. The van der Waals surface area contributed by atoms with Gasteiger partial charge in [-0.15, -0.1) is 0 Å². The molecule has 0 unspecified atom stereocenters. The maximum absolute atomic E-state index is 13.2. The third-order valence-electron chi connectivity index (χ3n) is 6.32. The molecule has 2 aromatic carbocycles. The SMILES string of the molecule is Cc1c(C(=O)NN2CCCCC2)nn(-c2ccc(Br)cc2Cl)c1-c1ccc(C2CC2)cc1. The van der Waals surface area contributed by atoms with Gasteiger partial charge in [0.05, 0.1) is 16.4 Å². The van der Waals surface area contributed by atoms with E-state index < -0.39 is 0 Å². The highest BCUT2D eigenvalue weighted by atomic mass is 79.9. The summed E-state index contributed by atoms with van der Waals surface area (Å²) in [5.74, 6) is 0.522. The average Bonchev–Trinajstić information content (AvgIpc) is 3.58. The summed E-state index contributed by atoms with van der Waals surface area (Å²) in [5.41, 5.74) is 8.36. The molecular formula is C25H26BrClN4O. The number of nitrogens with zero attached hydrogens (tertiary/aromatic N) is 3. The largest absolute Gasteiger partial charge is 0.286 e. The predicted octanol–water partition coefficient (Wildman–Crippen LogP) is 6.27. The first kappa shape index (κ1) is 21.7. The molecule has 2 aliphatic rings. The van der Waals surface area contributed by atoms with Gasteiger partial charge in [0.15, 0.2) is 5.69 Å². The van der Waals surface area contributed by atoms with E-state index in [2.05, 4.69) is 45.6 Å². The Bertz CT molecular complexity index is 1150. The Labute approximate surface area is 201 Å². The highest BCUT2D eigenvalue weighted by Crippen LogP contribution is 2.41. The summed E-state index contributed by atoms with van der Waals surface area (Å²) in [6.07, 6.45) is 5.95. The third-order valence-corrected chi connectivity index (χ3v) is 7.12. The second-order valence-electron chi connectivity index (χ2n) is 8.71.